The highest BCUT2D eigenvalue weighted by atomic mass is 16.6. The lowest BCUT2D eigenvalue weighted by atomic mass is 9.94. The van der Waals surface area contributed by atoms with Crippen molar-refractivity contribution < 1.29 is 14.3 Å². The molecule has 1 fully saturated rings. The highest BCUT2D eigenvalue weighted by Gasteiger charge is 2.34. The second-order valence-corrected chi connectivity index (χ2v) is 5.55. The Kier molecular flexibility index (Phi) is 3.61. The summed E-state index contributed by atoms with van der Waals surface area (Å²) in [5.74, 6) is 0.149. The van der Waals surface area contributed by atoms with Gasteiger partial charge in [0.2, 0.25) is 0 Å². The fourth-order valence-corrected chi connectivity index (χ4v) is 1.75. The third-order valence-corrected chi connectivity index (χ3v) is 2.68. The van der Waals surface area contributed by atoms with E-state index in [-0.39, 0.29) is 23.8 Å². The molecule has 0 N–H and O–H groups in total. The quantitative estimate of drug-likeness (QED) is 0.637. The van der Waals surface area contributed by atoms with E-state index in [2.05, 4.69) is 0 Å². The highest BCUT2D eigenvalue weighted by molar-refractivity contribution is 5.84. The molecule has 16 heavy (non-hydrogen) atoms. The lowest BCUT2D eigenvalue weighted by Crippen LogP contribution is -2.50. The smallest absolute Gasteiger partial charge is 0.410 e. The zero-order valence-corrected chi connectivity index (χ0v) is 10.7. The zero-order chi connectivity index (χ0) is 12.5. The minimum atomic E-state index is -0.485. The van der Waals surface area contributed by atoms with Crippen molar-refractivity contribution in [1.82, 2.24) is 4.90 Å². The molecule has 1 saturated heterocycles. The number of rotatable bonds is 0. The molecule has 0 aliphatic carbocycles. The average molecular weight is 227 g/mol. The van der Waals surface area contributed by atoms with Gasteiger partial charge < -0.3 is 9.64 Å². The van der Waals surface area contributed by atoms with Crippen molar-refractivity contribution in [2.75, 3.05) is 6.54 Å². The molecule has 1 rings (SSSR count). The van der Waals surface area contributed by atoms with Gasteiger partial charge in [-0.2, -0.15) is 0 Å². The van der Waals surface area contributed by atoms with Crippen LogP contribution in [0, 0.1) is 5.92 Å². The predicted octanol–water partition coefficient (Wildman–Crippen LogP) is 2.22. The van der Waals surface area contributed by atoms with Gasteiger partial charge in [-0.05, 0) is 27.7 Å². The van der Waals surface area contributed by atoms with Gasteiger partial charge >= 0.3 is 6.09 Å². The Morgan fingerprint density at radius 3 is 2.44 bits per heavy atom. The van der Waals surface area contributed by atoms with Crippen LogP contribution in [0.15, 0.2) is 0 Å². The Labute approximate surface area is 96.9 Å². The summed E-state index contributed by atoms with van der Waals surface area (Å²) < 4.78 is 5.31. The summed E-state index contributed by atoms with van der Waals surface area (Å²) >= 11 is 0. The Hall–Kier alpha value is -1.06. The average Bonchev–Trinajstić information content (AvgIpc) is 2.08. The number of hydrogen-bond acceptors (Lipinski definition) is 3. The Balaban J connectivity index is 2.66. The molecule has 92 valence electrons. The van der Waals surface area contributed by atoms with Gasteiger partial charge in [-0.3, -0.25) is 4.79 Å². The lowest BCUT2D eigenvalue weighted by Gasteiger charge is -2.36. The van der Waals surface area contributed by atoms with Crippen LogP contribution in [0.2, 0.25) is 0 Å². The van der Waals surface area contributed by atoms with Crippen LogP contribution in [0.1, 0.15) is 41.0 Å². The predicted molar refractivity (Wildman–Crippen MR) is 61.2 cm³/mol. The maximum absolute atomic E-state index is 11.9. The van der Waals surface area contributed by atoms with Crippen molar-refractivity contribution in [2.45, 2.75) is 52.7 Å². The van der Waals surface area contributed by atoms with Gasteiger partial charge in [-0.15, -0.1) is 0 Å². The summed E-state index contributed by atoms with van der Waals surface area (Å²) in [7, 11) is 0. The number of likely N-dealkylation sites (tertiary alicyclic amines) is 1. The maximum atomic E-state index is 11.9. The third-order valence-electron chi connectivity index (χ3n) is 2.68. The van der Waals surface area contributed by atoms with Gasteiger partial charge in [0.15, 0.2) is 0 Å². The first-order valence-corrected chi connectivity index (χ1v) is 5.73. The Bertz CT molecular complexity index is 293. The number of ketones is 1. The Morgan fingerprint density at radius 2 is 1.94 bits per heavy atom. The number of Topliss-reactive ketones (excluding diaryl/α,β-unsaturated/α-hetero) is 1. The summed E-state index contributed by atoms with van der Waals surface area (Å²) in [4.78, 5) is 25.0. The molecule has 1 amide bonds. The first kappa shape index (κ1) is 13.0. The first-order chi connectivity index (χ1) is 7.20. The van der Waals surface area contributed by atoms with Crippen LogP contribution < -0.4 is 0 Å². The van der Waals surface area contributed by atoms with Crippen molar-refractivity contribution in [3.8, 4) is 0 Å². The highest BCUT2D eigenvalue weighted by Crippen LogP contribution is 2.21. The van der Waals surface area contributed by atoms with Crippen LogP contribution in [0.4, 0.5) is 4.79 Å². The van der Waals surface area contributed by atoms with Gasteiger partial charge in [0, 0.05) is 24.9 Å². The van der Waals surface area contributed by atoms with E-state index in [1.165, 1.54) is 0 Å². The molecule has 1 aliphatic heterocycles. The third kappa shape index (κ3) is 3.22. The molecule has 0 aromatic carbocycles. The molecule has 4 nitrogen and oxygen atoms in total. The summed E-state index contributed by atoms with van der Waals surface area (Å²) in [6.45, 7) is 9.73. The summed E-state index contributed by atoms with van der Waals surface area (Å²) in [6, 6.07) is -0.0569. The number of piperidine rings is 1. The Morgan fingerprint density at radius 1 is 1.38 bits per heavy atom. The van der Waals surface area contributed by atoms with Gasteiger partial charge in [0.25, 0.3) is 0 Å². The molecule has 1 unspecified atom stereocenters. The molecule has 0 bridgehead atoms. The molecule has 4 heteroatoms. The molecule has 0 aromatic heterocycles. The van der Waals surface area contributed by atoms with Gasteiger partial charge in [0.1, 0.15) is 11.4 Å². The summed E-state index contributed by atoms with van der Waals surface area (Å²) in [6.07, 6.45) is 0.111. The van der Waals surface area contributed by atoms with Crippen molar-refractivity contribution in [2.24, 2.45) is 5.92 Å². The largest absolute Gasteiger partial charge is 0.444 e. The lowest BCUT2D eigenvalue weighted by molar-refractivity contribution is -0.126. The van der Waals surface area contributed by atoms with E-state index in [0.717, 1.165) is 0 Å². The number of hydrogen-bond donors (Lipinski definition) is 0. The van der Waals surface area contributed by atoms with Gasteiger partial charge in [-0.25, -0.2) is 4.79 Å². The molecular formula is C12H21NO3. The van der Waals surface area contributed by atoms with Gasteiger partial charge in [0.05, 0.1) is 0 Å². The van der Waals surface area contributed by atoms with Crippen LogP contribution in [-0.2, 0) is 9.53 Å². The monoisotopic (exact) mass is 227 g/mol. The molecule has 1 heterocycles. The van der Waals surface area contributed by atoms with Crippen LogP contribution in [-0.4, -0.2) is 35.0 Å². The number of ether oxygens (including phenoxy) is 1. The van der Waals surface area contributed by atoms with Crippen molar-refractivity contribution in [3.05, 3.63) is 0 Å². The van der Waals surface area contributed by atoms with Crippen molar-refractivity contribution in [1.29, 1.82) is 0 Å². The molecule has 0 spiro atoms. The van der Waals surface area contributed by atoms with E-state index in [0.29, 0.717) is 13.0 Å². The van der Waals surface area contributed by atoms with E-state index in [1.54, 1.807) is 4.90 Å². The van der Waals surface area contributed by atoms with Crippen LogP contribution in [0.3, 0.4) is 0 Å². The SMILES string of the molecule is CC1CN(C(=O)OC(C)(C)C)[C@@H](C)CC1=O. The zero-order valence-electron chi connectivity index (χ0n) is 10.7. The topological polar surface area (TPSA) is 46.6 Å². The number of amides is 1. The second kappa shape index (κ2) is 4.44. The molecule has 1 aliphatic rings. The molecular weight excluding hydrogens is 206 g/mol. The first-order valence-electron chi connectivity index (χ1n) is 5.73. The van der Waals surface area contributed by atoms with Crippen LogP contribution in [0.5, 0.6) is 0 Å². The van der Waals surface area contributed by atoms with E-state index in [9.17, 15) is 9.59 Å². The number of nitrogens with zero attached hydrogens (tertiary/aromatic N) is 1. The molecule has 0 radical (unpaired) electrons. The standard InChI is InChI=1S/C12H21NO3/c1-8-7-13(9(2)6-10(8)14)11(15)16-12(3,4)5/h8-9H,6-7H2,1-5H3/t8?,9-/m0/s1. The van der Waals surface area contributed by atoms with E-state index in [1.807, 2.05) is 34.6 Å². The number of carbonyl (C=O) groups excluding carboxylic acids is 2. The van der Waals surface area contributed by atoms with Crippen molar-refractivity contribution >= 4 is 11.9 Å². The number of carbonyl (C=O) groups is 2. The van der Waals surface area contributed by atoms with Crippen LogP contribution in [0.25, 0.3) is 0 Å². The molecule has 0 saturated carbocycles. The van der Waals surface area contributed by atoms with Crippen molar-refractivity contribution in [3.63, 3.8) is 0 Å². The normalized spacial score (nSPS) is 26.8. The minimum absolute atomic E-state index is 0.0569. The van der Waals surface area contributed by atoms with E-state index >= 15 is 0 Å². The molecule has 0 aromatic rings. The fraction of sp³-hybridized carbons (Fsp3) is 0.833. The molecule has 2 atom stereocenters. The second-order valence-electron chi connectivity index (χ2n) is 5.55. The fourth-order valence-electron chi connectivity index (χ4n) is 1.75. The maximum Gasteiger partial charge on any atom is 0.410 e. The van der Waals surface area contributed by atoms with E-state index < -0.39 is 5.60 Å². The van der Waals surface area contributed by atoms with Gasteiger partial charge in [-0.1, -0.05) is 6.92 Å². The minimum Gasteiger partial charge on any atom is -0.444 e. The van der Waals surface area contributed by atoms with E-state index in [4.69, 9.17) is 4.74 Å². The van der Waals surface area contributed by atoms with Crippen LogP contribution >= 0.6 is 0 Å². The summed E-state index contributed by atoms with van der Waals surface area (Å²) in [5.41, 5.74) is -0.485. The summed E-state index contributed by atoms with van der Waals surface area (Å²) in [5, 5.41) is 0.